The molecule has 1 heterocycles. The normalized spacial score (nSPS) is 16.6. The fourth-order valence-electron chi connectivity index (χ4n) is 2.11. The molecule has 0 aliphatic carbocycles. The van der Waals surface area contributed by atoms with Crippen LogP contribution in [0.15, 0.2) is 29.2 Å². The second-order valence-electron chi connectivity index (χ2n) is 4.80. The highest BCUT2D eigenvalue weighted by atomic mass is 32.2. The van der Waals surface area contributed by atoms with Crippen LogP contribution in [0.3, 0.4) is 0 Å². The van der Waals surface area contributed by atoms with Crippen molar-refractivity contribution in [2.24, 2.45) is 0 Å². The van der Waals surface area contributed by atoms with E-state index in [1.165, 1.54) is 15.4 Å². The van der Waals surface area contributed by atoms with Gasteiger partial charge in [-0.3, -0.25) is 4.79 Å². The molecule has 108 valence electrons. The quantitative estimate of drug-likeness (QED) is 0.871. The molecule has 0 radical (unpaired) electrons. The molecule has 6 heteroatoms. The summed E-state index contributed by atoms with van der Waals surface area (Å²) in [5.41, 5.74) is 1.28. The molecule has 2 rings (SSSR count). The molecule has 0 saturated heterocycles. The monoisotopic (exact) mass is 294 g/mol. The lowest BCUT2D eigenvalue weighted by atomic mass is 10.0. The van der Waals surface area contributed by atoms with E-state index in [0.717, 1.165) is 5.75 Å². The molecule has 0 aromatic heterocycles. The molecule has 20 heavy (non-hydrogen) atoms. The molecule has 5 nitrogen and oxygen atoms in total. The van der Waals surface area contributed by atoms with E-state index in [9.17, 15) is 9.59 Å². The van der Waals surface area contributed by atoms with Gasteiger partial charge in [0, 0.05) is 36.7 Å². The number of carboxylic acids is 1. The summed E-state index contributed by atoms with van der Waals surface area (Å²) in [7, 11) is 1.61. The molecule has 1 aromatic carbocycles. The van der Waals surface area contributed by atoms with Crippen LogP contribution >= 0.6 is 11.8 Å². The highest BCUT2D eigenvalue weighted by molar-refractivity contribution is 7.99. The molecule has 1 atom stereocenters. The Kier molecular flexibility index (Phi) is 4.89. The average Bonchev–Trinajstić information content (AvgIpc) is 2.85. The van der Waals surface area contributed by atoms with Crippen molar-refractivity contribution in [1.82, 2.24) is 10.2 Å². The molecule has 0 bridgehead atoms. The number of thioether (sulfide) groups is 1. The van der Waals surface area contributed by atoms with Crippen LogP contribution in [-0.4, -0.2) is 47.9 Å². The van der Waals surface area contributed by atoms with Gasteiger partial charge in [0.2, 0.25) is 0 Å². The number of hydrogen-bond acceptors (Lipinski definition) is 3. The third-order valence-corrected chi connectivity index (χ3v) is 4.56. The van der Waals surface area contributed by atoms with Gasteiger partial charge in [0.25, 0.3) is 0 Å². The van der Waals surface area contributed by atoms with Crippen molar-refractivity contribution in [3.63, 3.8) is 0 Å². The van der Waals surface area contributed by atoms with E-state index in [1.54, 1.807) is 7.05 Å². The van der Waals surface area contributed by atoms with Crippen molar-refractivity contribution in [1.29, 1.82) is 0 Å². The summed E-state index contributed by atoms with van der Waals surface area (Å²) in [5.74, 6) is 0.400. The molecule has 1 aliphatic rings. The summed E-state index contributed by atoms with van der Waals surface area (Å²) in [4.78, 5) is 25.0. The third kappa shape index (κ3) is 3.66. The lowest BCUT2D eigenvalue weighted by Crippen LogP contribution is -2.40. The Morgan fingerprint density at radius 2 is 2.20 bits per heavy atom. The first-order chi connectivity index (χ1) is 9.58. The third-order valence-electron chi connectivity index (χ3n) is 3.31. The summed E-state index contributed by atoms with van der Waals surface area (Å²) in [6, 6.07) is 8.01. The van der Waals surface area contributed by atoms with Gasteiger partial charge in [-0.25, -0.2) is 4.79 Å². The fourth-order valence-corrected chi connectivity index (χ4v) is 3.36. The number of nitrogens with zero attached hydrogens (tertiary/aromatic N) is 1. The van der Waals surface area contributed by atoms with Gasteiger partial charge >= 0.3 is 12.0 Å². The van der Waals surface area contributed by atoms with Gasteiger partial charge in [0.05, 0.1) is 6.42 Å². The minimum Gasteiger partial charge on any atom is -0.481 e. The molecule has 1 aliphatic heterocycles. The summed E-state index contributed by atoms with van der Waals surface area (Å²) in [6.45, 7) is 0.803. The second kappa shape index (κ2) is 6.65. The number of aliphatic carboxylic acids is 1. The van der Waals surface area contributed by atoms with Gasteiger partial charge in [-0.1, -0.05) is 18.2 Å². The molecule has 1 unspecified atom stereocenters. The van der Waals surface area contributed by atoms with Gasteiger partial charge in [-0.05, 0) is 11.6 Å². The van der Waals surface area contributed by atoms with E-state index in [4.69, 9.17) is 5.11 Å². The molecular formula is C14H18N2O3S. The Morgan fingerprint density at radius 1 is 1.45 bits per heavy atom. The van der Waals surface area contributed by atoms with Gasteiger partial charge < -0.3 is 15.3 Å². The maximum atomic E-state index is 11.8. The number of urea groups is 1. The first-order valence-electron chi connectivity index (χ1n) is 6.50. The Morgan fingerprint density at radius 3 is 2.95 bits per heavy atom. The summed E-state index contributed by atoms with van der Waals surface area (Å²) in [5, 5.41) is 11.5. The minimum absolute atomic E-state index is 0.0357. The molecule has 2 N–H and O–H groups in total. The zero-order valence-electron chi connectivity index (χ0n) is 11.3. The minimum atomic E-state index is -0.897. The van der Waals surface area contributed by atoms with E-state index in [1.807, 2.05) is 23.9 Å². The lowest BCUT2D eigenvalue weighted by Gasteiger charge is -2.19. The summed E-state index contributed by atoms with van der Waals surface area (Å²) in [6.07, 6.45) is -0.0357. The second-order valence-corrected chi connectivity index (χ2v) is 5.86. The summed E-state index contributed by atoms with van der Waals surface area (Å²) >= 11 is 1.81. The van der Waals surface area contributed by atoms with E-state index in [2.05, 4.69) is 17.4 Å². The van der Waals surface area contributed by atoms with Gasteiger partial charge in [0.1, 0.15) is 0 Å². The predicted molar refractivity (Wildman–Crippen MR) is 78.2 cm³/mol. The van der Waals surface area contributed by atoms with Crippen LogP contribution in [0.1, 0.15) is 17.9 Å². The van der Waals surface area contributed by atoms with Gasteiger partial charge in [-0.15, -0.1) is 11.8 Å². The number of hydrogen-bond donors (Lipinski definition) is 2. The lowest BCUT2D eigenvalue weighted by molar-refractivity contribution is -0.137. The molecule has 0 spiro atoms. The molecule has 0 saturated carbocycles. The topological polar surface area (TPSA) is 69.6 Å². The first-order valence-corrected chi connectivity index (χ1v) is 7.49. The first kappa shape index (κ1) is 14.7. The van der Waals surface area contributed by atoms with Crippen LogP contribution in [0.25, 0.3) is 0 Å². The smallest absolute Gasteiger partial charge is 0.317 e. The number of benzene rings is 1. The number of carbonyl (C=O) groups excluding carboxylic acids is 1. The Balaban J connectivity index is 1.81. The fraction of sp³-hybridized carbons (Fsp3) is 0.429. The Hall–Kier alpha value is -1.69. The highest BCUT2D eigenvalue weighted by Crippen LogP contribution is 2.38. The van der Waals surface area contributed by atoms with Crippen molar-refractivity contribution in [2.75, 3.05) is 25.9 Å². The van der Waals surface area contributed by atoms with Crippen molar-refractivity contribution < 1.29 is 14.7 Å². The van der Waals surface area contributed by atoms with Crippen molar-refractivity contribution >= 4 is 23.8 Å². The zero-order chi connectivity index (χ0) is 14.5. The average molecular weight is 294 g/mol. The molecule has 0 fully saturated rings. The summed E-state index contributed by atoms with van der Waals surface area (Å²) < 4.78 is 0. The number of rotatable bonds is 5. The Bertz CT molecular complexity index is 507. The van der Waals surface area contributed by atoms with E-state index in [0.29, 0.717) is 12.5 Å². The molecular weight excluding hydrogens is 276 g/mol. The predicted octanol–water partition coefficient (Wildman–Crippen LogP) is 1.99. The van der Waals surface area contributed by atoms with E-state index in [-0.39, 0.29) is 19.0 Å². The largest absolute Gasteiger partial charge is 0.481 e. The van der Waals surface area contributed by atoms with Crippen LogP contribution in [0, 0.1) is 0 Å². The highest BCUT2D eigenvalue weighted by Gasteiger charge is 2.23. The van der Waals surface area contributed by atoms with Gasteiger partial charge in [0.15, 0.2) is 0 Å². The van der Waals surface area contributed by atoms with Crippen LogP contribution in [0.5, 0.6) is 0 Å². The van der Waals surface area contributed by atoms with Crippen LogP contribution in [0.4, 0.5) is 4.79 Å². The van der Waals surface area contributed by atoms with Crippen molar-refractivity contribution in [2.45, 2.75) is 17.2 Å². The SMILES string of the molecule is CN(CCC(=O)O)C(=O)NCC1CSc2ccccc21. The molecule has 2 amide bonds. The maximum absolute atomic E-state index is 11.8. The number of amides is 2. The van der Waals surface area contributed by atoms with E-state index < -0.39 is 5.97 Å². The number of nitrogens with one attached hydrogen (secondary N) is 1. The number of carboxylic acid groups (broad SMARTS) is 1. The zero-order valence-corrected chi connectivity index (χ0v) is 12.2. The maximum Gasteiger partial charge on any atom is 0.317 e. The van der Waals surface area contributed by atoms with Crippen molar-refractivity contribution in [3.8, 4) is 0 Å². The van der Waals surface area contributed by atoms with Crippen molar-refractivity contribution in [3.05, 3.63) is 29.8 Å². The Labute approximate surface area is 122 Å². The standard InChI is InChI=1S/C14H18N2O3S/c1-16(7-6-13(17)18)14(19)15-8-10-9-20-12-5-3-2-4-11(10)12/h2-5,10H,6-9H2,1H3,(H,15,19)(H,17,18). The molecule has 1 aromatic rings. The number of fused-ring (bicyclic) bond motifs is 1. The van der Waals surface area contributed by atoms with Gasteiger partial charge in [-0.2, -0.15) is 0 Å². The van der Waals surface area contributed by atoms with E-state index >= 15 is 0 Å². The van der Waals surface area contributed by atoms with Crippen LogP contribution in [-0.2, 0) is 4.79 Å². The van der Waals surface area contributed by atoms with Crippen LogP contribution in [0.2, 0.25) is 0 Å². The number of carbonyl (C=O) groups is 2. The van der Waals surface area contributed by atoms with Crippen LogP contribution < -0.4 is 5.32 Å².